The normalized spacial score (nSPS) is 13.5. The monoisotopic (exact) mass is 324 g/mol. The number of anilines is 1. The van der Waals surface area contributed by atoms with E-state index >= 15 is 0 Å². The zero-order chi connectivity index (χ0) is 15.9. The molecule has 2 N–H and O–H groups in total. The van der Waals surface area contributed by atoms with Crippen molar-refractivity contribution in [2.45, 2.75) is 32.6 Å². The van der Waals surface area contributed by atoms with Crippen LogP contribution in [0.1, 0.15) is 32.6 Å². The predicted octanol–water partition coefficient (Wildman–Crippen LogP) is 2.98. The summed E-state index contributed by atoms with van der Waals surface area (Å²) >= 11 is 5.94. The minimum Gasteiger partial charge on any atom is -0.492 e. The number of nitrogens with one attached hydrogen (secondary N) is 2. The molecule has 120 valence electrons. The van der Waals surface area contributed by atoms with Crippen LogP contribution in [0, 0.1) is 5.92 Å². The Hall–Kier alpha value is -1.75. The van der Waals surface area contributed by atoms with Crippen molar-refractivity contribution in [3.05, 3.63) is 23.2 Å². The van der Waals surface area contributed by atoms with Gasteiger partial charge in [0.05, 0.1) is 12.3 Å². The number of hydrogen-bond donors (Lipinski definition) is 2. The summed E-state index contributed by atoms with van der Waals surface area (Å²) in [7, 11) is 0. The lowest BCUT2D eigenvalue weighted by Crippen LogP contribution is -2.26. The number of amides is 2. The second-order valence-electron chi connectivity index (χ2n) is 5.29. The van der Waals surface area contributed by atoms with E-state index in [9.17, 15) is 9.59 Å². The van der Waals surface area contributed by atoms with Crippen LogP contribution in [-0.2, 0) is 9.59 Å². The predicted molar refractivity (Wildman–Crippen MR) is 86.2 cm³/mol. The summed E-state index contributed by atoms with van der Waals surface area (Å²) in [6.45, 7) is 2.91. The fourth-order valence-electron chi connectivity index (χ4n) is 2.04. The van der Waals surface area contributed by atoms with Crippen molar-refractivity contribution in [1.29, 1.82) is 0 Å². The molecule has 1 saturated carbocycles. The average Bonchev–Trinajstić information content (AvgIpc) is 3.31. The Morgan fingerprint density at radius 1 is 1.36 bits per heavy atom. The van der Waals surface area contributed by atoms with Crippen LogP contribution >= 0.6 is 11.6 Å². The molecule has 1 aliphatic carbocycles. The number of halogens is 1. The quantitative estimate of drug-likeness (QED) is 0.722. The van der Waals surface area contributed by atoms with Crippen molar-refractivity contribution >= 4 is 29.1 Å². The number of hydrogen-bond acceptors (Lipinski definition) is 3. The molecule has 0 saturated heterocycles. The molecule has 1 aromatic carbocycles. The van der Waals surface area contributed by atoms with E-state index in [1.54, 1.807) is 18.2 Å². The first-order chi connectivity index (χ1) is 10.6. The Labute approximate surface area is 135 Å². The molecule has 0 aliphatic heterocycles. The van der Waals surface area contributed by atoms with Gasteiger partial charge in [0.1, 0.15) is 5.75 Å². The van der Waals surface area contributed by atoms with Gasteiger partial charge in [-0.1, -0.05) is 11.6 Å². The maximum Gasteiger partial charge on any atom is 0.224 e. The second-order valence-corrected chi connectivity index (χ2v) is 5.73. The molecule has 2 amide bonds. The fraction of sp³-hybridized carbons (Fsp3) is 0.500. The summed E-state index contributed by atoms with van der Waals surface area (Å²) in [6, 6.07) is 5.12. The highest BCUT2D eigenvalue weighted by atomic mass is 35.5. The highest BCUT2D eigenvalue weighted by Crippen LogP contribution is 2.29. The third kappa shape index (κ3) is 5.22. The molecular weight excluding hydrogens is 304 g/mol. The molecule has 1 aromatic rings. The third-order valence-corrected chi connectivity index (χ3v) is 3.58. The molecule has 1 aliphatic rings. The van der Waals surface area contributed by atoms with Gasteiger partial charge in [-0.3, -0.25) is 9.59 Å². The van der Waals surface area contributed by atoms with Crippen LogP contribution in [0.25, 0.3) is 0 Å². The van der Waals surface area contributed by atoms with Crippen molar-refractivity contribution in [2.24, 2.45) is 5.92 Å². The highest BCUT2D eigenvalue weighted by Gasteiger charge is 2.28. The van der Waals surface area contributed by atoms with E-state index in [0.717, 1.165) is 12.8 Å². The fourth-order valence-corrected chi connectivity index (χ4v) is 2.22. The van der Waals surface area contributed by atoms with Crippen LogP contribution in [0.15, 0.2) is 18.2 Å². The molecule has 6 heteroatoms. The maximum atomic E-state index is 11.9. The van der Waals surface area contributed by atoms with E-state index in [1.807, 2.05) is 6.92 Å². The van der Waals surface area contributed by atoms with Gasteiger partial charge in [-0.25, -0.2) is 0 Å². The first-order valence-electron chi connectivity index (χ1n) is 7.60. The summed E-state index contributed by atoms with van der Waals surface area (Å²) in [6.07, 6.45) is 2.92. The van der Waals surface area contributed by atoms with E-state index in [-0.39, 0.29) is 17.7 Å². The van der Waals surface area contributed by atoms with Crippen LogP contribution < -0.4 is 15.4 Å². The largest absolute Gasteiger partial charge is 0.492 e. The van der Waals surface area contributed by atoms with Gasteiger partial charge in [0.15, 0.2) is 0 Å². The van der Waals surface area contributed by atoms with E-state index in [2.05, 4.69) is 10.6 Å². The molecule has 0 atom stereocenters. The molecular formula is C16H21ClN2O3. The molecule has 0 radical (unpaired) electrons. The smallest absolute Gasteiger partial charge is 0.224 e. The first kappa shape index (κ1) is 16.6. The Morgan fingerprint density at radius 2 is 2.14 bits per heavy atom. The van der Waals surface area contributed by atoms with Crippen molar-refractivity contribution in [3.8, 4) is 5.75 Å². The number of carbonyl (C=O) groups excluding carboxylic acids is 2. The molecule has 0 unspecified atom stereocenters. The first-order valence-corrected chi connectivity index (χ1v) is 7.98. The molecule has 0 bridgehead atoms. The Kier molecular flexibility index (Phi) is 6.07. The minimum absolute atomic E-state index is 0.105. The maximum absolute atomic E-state index is 11.9. The number of rotatable bonds is 8. The van der Waals surface area contributed by atoms with E-state index in [0.29, 0.717) is 42.5 Å². The summed E-state index contributed by atoms with van der Waals surface area (Å²) in [5.41, 5.74) is 0.571. The topological polar surface area (TPSA) is 67.4 Å². The zero-order valence-corrected chi connectivity index (χ0v) is 13.4. The zero-order valence-electron chi connectivity index (χ0n) is 12.7. The molecule has 0 spiro atoms. The van der Waals surface area contributed by atoms with Gasteiger partial charge < -0.3 is 15.4 Å². The lowest BCUT2D eigenvalue weighted by atomic mass is 10.2. The van der Waals surface area contributed by atoms with Crippen molar-refractivity contribution in [3.63, 3.8) is 0 Å². The van der Waals surface area contributed by atoms with Crippen LogP contribution in [0.2, 0.25) is 5.02 Å². The summed E-state index contributed by atoms with van der Waals surface area (Å²) in [5, 5.41) is 6.18. The Morgan fingerprint density at radius 3 is 2.82 bits per heavy atom. The van der Waals surface area contributed by atoms with Crippen LogP contribution in [0.5, 0.6) is 5.75 Å². The summed E-state index contributed by atoms with van der Waals surface area (Å²) in [4.78, 5) is 23.4. The van der Waals surface area contributed by atoms with Gasteiger partial charge in [0.2, 0.25) is 11.8 Å². The third-order valence-electron chi connectivity index (χ3n) is 3.34. The van der Waals surface area contributed by atoms with Crippen LogP contribution in [0.3, 0.4) is 0 Å². The van der Waals surface area contributed by atoms with E-state index < -0.39 is 0 Å². The van der Waals surface area contributed by atoms with Crippen molar-refractivity contribution < 1.29 is 14.3 Å². The van der Waals surface area contributed by atoms with E-state index in [1.165, 1.54) is 0 Å². The molecule has 22 heavy (non-hydrogen) atoms. The SMILES string of the molecule is CCOc1ccc(Cl)cc1NC(=O)CCCNC(=O)C1CC1. The lowest BCUT2D eigenvalue weighted by molar-refractivity contribution is -0.122. The number of carbonyl (C=O) groups is 2. The van der Waals surface area contributed by atoms with Gasteiger partial charge in [-0.2, -0.15) is 0 Å². The Bertz CT molecular complexity index is 544. The van der Waals surface area contributed by atoms with Gasteiger partial charge in [-0.15, -0.1) is 0 Å². The van der Waals surface area contributed by atoms with Crippen LogP contribution in [-0.4, -0.2) is 25.0 Å². The molecule has 0 heterocycles. The van der Waals surface area contributed by atoms with Gasteiger partial charge in [0.25, 0.3) is 0 Å². The summed E-state index contributed by atoms with van der Waals surface area (Å²) in [5.74, 6) is 0.786. The number of ether oxygens (including phenoxy) is 1. The minimum atomic E-state index is -0.121. The molecule has 5 nitrogen and oxygen atoms in total. The van der Waals surface area contributed by atoms with Crippen molar-refractivity contribution in [2.75, 3.05) is 18.5 Å². The standard InChI is InChI=1S/C16H21ClN2O3/c1-2-22-14-8-7-12(17)10-13(14)19-15(20)4-3-9-18-16(21)11-5-6-11/h7-8,10-11H,2-6,9H2,1H3,(H,18,21)(H,19,20). The van der Waals surface area contributed by atoms with E-state index in [4.69, 9.17) is 16.3 Å². The summed E-state index contributed by atoms with van der Waals surface area (Å²) < 4.78 is 5.45. The van der Waals surface area contributed by atoms with Gasteiger partial charge in [0, 0.05) is 23.9 Å². The average molecular weight is 325 g/mol. The van der Waals surface area contributed by atoms with Gasteiger partial charge >= 0.3 is 0 Å². The Balaban J connectivity index is 1.76. The van der Waals surface area contributed by atoms with Crippen molar-refractivity contribution in [1.82, 2.24) is 5.32 Å². The lowest BCUT2D eigenvalue weighted by Gasteiger charge is -2.12. The number of benzene rings is 1. The molecule has 0 aromatic heterocycles. The molecule has 2 rings (SSSR count). The van der Waals surface area contributed by atoms with Gasteiger partial charge in [-0.05, 0) is 44.4 Å². The van der Waals surface area contributed by atoms with Crippen LogP contribution in [0.4, 0.5) is 5.69 Å². The molecule has 1 fully saturated rings. The second kappa shape index (κ2) is 8.03. The highest BCUT2D eigenvalue weighted by molar-refractivity contribution is 6.31.